The Morgan fingerprint density at radius 1 is 0.946 bits per heavy atom. The fourth-order valence-corrected chi connectivity index (χ4v) is 3.85. The number of hydrogen-bond acceptors (Lipinski definition) is 10. The minimum Gasteiger partial charge on any atom is -0.460 e. The van der Waals surface area contributed by atoms with E-state index < -0.39 is 37.3 Å². The van der Waals surface area contributed by atoms with Crippen LogP contribution in [-0.4, -0.2) is 103 Å². The molecule has 11 nitrogen and oxygen atoms in total. The Morgan fingerprint density at radius 3 is 2.27 bits per heavy atom. The predicted molar refractivity (Wildman–Crippen MR) is 134 cm³/mol. The van der Waals surface area contributed by atoms with Gasteiger partial charge >= 0.3 is 0 Å². The fourth-order valence-electron chi connectivity index (χ4n) is 3.62. The standard InChI is InChI=1S/C25H33ClN2O9/c26-18-13-17(5-6-19(18)36-25-23(32)22(31)21(30)20(14-29)37-25)15-1-3-16(4-2-15)24(33)28-8-10-35-12-11-34-9-7-27/h1-6,13,20-23,25,29-32H,7-12,14,27H2,(H,28,33)/t20-,21-,22+,23+,25+/m1/s1. The molecule has 12 heteroatoms. The highest BCUT2D eigenvalue weighted by molar-refractivity contribution is 6.32. The molecule has 1 fully saturated rings. The zero-order valence-corrected chi connectivity index (χ0v) is 20.9. The molecule has 1 amide bonds. The molecule has 0 saturated carbocycles. The maximum absolute atomic E-state index is 12.3. The van der Waals surface area contributed by atoms with E-state index in [4.69, 9.17) is 36.3 Å². The van der Waals surface area contributed by atoms with Gasteiger partial charge in [-0.05, 0) is 35.4 Å². The second-order valence-electron chi connectivity index (χ2n) is 8.31. The van der Waals surface area contributed by atoms with Crippen LogP contribution in [0.5, 0.6) is 5.75 Å². The smallest absolute Gasteiger partial charge is 0.251 e. The van der Waals surface area contributed by atoms with Crippen molar-refractivity contribution in [2.75, 3.05) is 46.1 Å². The van der Waals surface area contributed by atoms with Crippen LogP contribution in [0.2, 0.25) is 5.02 Å². The van der Waals surface area contributed by atoms with Crippen LogP contribution >= 0.6 is 11.6 Å². The predicted octanol–water partition coefficient (Wildman–Crippen LogP) is -0.0926. The lowest BCUT2D eigenvalue weighted by Gasteiger charge is -2.39. The SMILES string of the molecule is NCCOCCOCCNC(=O)c1ccc(-c2ccc(O[C@H]3O[C@H](CO)[C@@H](O)[C@H](O)[C@@H]3O)c(Cl)c2)cc1. The second kappa shape index (κ2) is 14.6. The van der Waals surface area contributed by atoms with Crippen LogP contribution in [0.4, 0.5) is 0 Å². The van der Waals surface area contributed by atoms with E-state index in [0.717, 1.165) is 11.1 Å². The summed E-state index contributed by atoms with van der Waals surface area (Å²) in [5.74, 6) is -0.0465. The number of hydrogen-bond donors (Lipinski definition) is 6. The van der Waals surface area contributed by atoms with Crippen LogP contribution in [0.1, 0.15) is 10.4 Å². The Labute approximate surface area is 219 Å². The monoisotopic (exact) mass is 540 g/mol. The Balaban J connectivity index is 1.53. The van der Waals surface area contributed by atoms with E-state index in [-0.39, 0.29) is 16.7 Å². The lowest BCUT2D eigenvalue weighted by molar-refractivity contribution is -0.277. The Bertz CT molecular complexity index is 993. The first-order chi connectivity index (χ1) is 17.8. The Hall–Kier alpha value is -2.32. The van der Waals surface area contributed by atoms with Crippen LogP contribution in [0, 0.1) is 0 Å². The number of rotatable bonds is 13. The van der Waals surface area contributed by atoms with Crippen LogP contribution in [-0.2, 0) is 14.2 Å². The minimum absolute atomic E-state index is 0.180. The number of nitrogens with one attached hydrogen (secondary N) is 1. The second-order valence-corrected chi connectivity index (χ2v) is 8.71. The summed E-state index contributed by atoms with van der Waals surface area (Å²) in [5, 5.41) is 42.3. The van der Waals surface area contributed by atoms with Crippen LogP contribution in [0.3, 0.4) is 0 Å². The van der Waals surface area contributed by atoms with Crippen molar-refractivity contribution in [3.63, 3.8) is 0 Å². The van der Waals surface area contributed by atoms with Gasteiger partial charge in [-0.25, -0.2) is 0 Å². The third kappa shape index (κ3) is 8.08. The van der Waals surface area contributed by atoms with Crippen LogP contribution in [0.25, 0.3) is 11.1 Å². The van der Waals surface area contributed by atoms with Crippen molar-refractivity contribution in [2.45, 2.75) is 30.7 Å². The summed E-state index contributed by atoms with van der Waals surface area (Å²) in [5.41, 5.74) is 7.38. The van der Waals surface area contributed by atoms with Gasteiger partial charge in [0.2, 0.25) is 6.29 Å². The summed E-state index contributed by atoms with van der Waals surface area (Å²) in [6.07, 6.45) is -7.02. The van der Waals surface area contributed by atoms with Gasteiger partial charge < -0.3 is 50.4 Å². The number of aliphatic hydroxyl groups is 4. The van der Waals surface area contributed by atoms with E-state index in [2.05, 4.69) is 5.32 Å². The molecule has 1 aliphatic rings. The first-order valence-electron chi connectivity index (χ1n) is 11.9. The number of halogens is 1. The van der Waals surface area contributed by atoms with Gasteiger partial charge in [0, 0.05) is 18.7 Å². The first-order valence-corrected chi connectivity index (χ1v) is 12.2. The fraction of sp³-hybridized carbons (Fsp3) is 0.480. The molecule has 0 unspecified atom stereocenters. The van der Waals surface area contributed by atoms with Crippen molar-refractivity contribution in [1.29, 1.82) is 0 Å². The van der Waals surface area contributed by atoms with Gasteiger partial charge in [0.25, 0.3) is 5.91 Å². The molecular weight excluding hydrogens is 508 g/mol. The first kappa shape index (κ1) is 29.2. The number of amides is 1. The van der Waals surface area contributed by atoms with Crippen LogP contribution in [0.15, 0.2) is 42.5 Å². The van der Waals surface area contributed by atoms with E-state index >= 15 is 0 Å². The molecule has 1 heterocycles. The van der Waals surface area contributed by atoms with Crippen LogP contribution < -0.4 is 15.8 Å². The molecule has 1 saturated heterocycles. The molecule has 0 radical (unpaired) electrons. The lowest BCUT2D eigenvalue weighted by Crippen LogP contribution is -2.60. The Kier molecular flexibility index (Phi) is 11.5. The molecule has 37 heavy (non-hydrogen) atoms. The molecule has 0 aromatic heterocycles. The molecule has 204 valence electrons. The quantitative estimate of drug-likeness (QED) is 0.188. The molecule has 0 spiro atoms. The summed E-state index contributed by atoms with van der Waals surface area (Å²) in [7, 11) is 0. The molecule has 1 aliphatic heterocycles. The molecule has 3 rings (SSSR count). The van der Waals surface area contributed by atoms with E-state index in [1.807, 2.05) is 0 Å². The summed E-state index contributed by atoms with van der Waals surface area (Å²) in [6.45, 7) is 2.01. The number of benzene rings is 2. The molecule has 2 aromatic carbocycles. The summed E-state index contributed by atoms with van der Waals surface area (Å²) >= 11 is 6.37. The summed E-state index contributed by atoms with van der Waals surface area (Å²) in [4.78, 5) is 12.3. The number of ether oxygens (including phenoxy) is 4. The van der Waals surface area contributed by atoms with Crippen molar-refractivity contribution in [3.05, 3.63) is 53.1 Å². The van der Waals surface area contributed by atoms with Gasteiger partial charge in [-0.2, -0.15) is 0 Å². The highest BCUT2D eigenvalue weighted by atomic mass is 35.5. The maximum atomic E-state index is 12.3. The third-order valence-corrected chi connectivity index (χ3v) is 5.97. The average Bonchev–Trinajstić information content (AvgIpc) is 2.91. The van der Waals surface area contributed by atoms with E-state index in [1.165, 1.54) is 0 Å². The van der Waals surface area contributed by atoms with Crippen molar-refractivity contribution in [3.8, 4) is 16.9 Å². The lowest BCUT2D eigenvalue weighted by atomic mass is 9.99. The minimum atomic E-state index is -1.56. The van der Waals surface area contributed by atoms with Gasteiger partial charge in [0.15, 0.2) is 0 Å². The molecule has 2 aromatic rings. The highest BCUT2D eigenvalue weighted by Crippen LogP contribution is 2.33. The average molecular weight is 541 g/mol. The van der Waals surface area contributed by atoms with Crippen molar-refractivity contribution < 1.29 is 44.2 Å². The molecular formula is C25H33ClN2O9. The van der Waals surface area contributed by atoms with Crippen molar-refractivity contribution >= 4 is 17.5 Å². The molecule has 5 atom stereocenters. The summed E-state index contributed by atoms with van der Waals surface area (Å²) in [6, 6.07) is 11.9. The molecule has 0 aliphatic carbocycles. The molecule has 0 bridgehead atoms. The topological polar surface area (TPSA) is 173 Å². The van der Waals surface area contributed by atoms with E-state index in [0.29, 0.717) is 45.1 Å². The number of carbonyl (C=O) groups excluding carboxylic acids is 1. The zero-order valence-electron chi connectivity index (χ0n) is 20.2. The van der Waals surface area contributed by atoms with Gasteiger partial charge in [0.05, 0.1) is 38.1 Å². The number of nitrogens with two attached hydrogens (primary N) is 1. The Morgan fingerprint density at radius 2 is 1.62 bits per heavy atom. The normalized spacial score (nSPS) is 23.6. The third-order valence-electron chi connectivity index (χ3n) is 5.67. The number of aliphatic hydroxyl groups excluding tert-OH is 4. The van der Waals surface area contributed by atoms with Gasteiger partial charge in [0.1, 0.15) is 30.2 Å². The molecule has 7 N–H and O–H groups in total. The van der Waals surface area contributed by atoms with Gasteiger partial charge in [-0.3, -0.25) is 4.79 Å². The number of carbonyl (C=O) groups is 1. The largest absolute Gasteiger partial charge is 0.460 e. The zero-order chi connectivity index (χ0) is 26.8. The van der Waals surface area contributed by atoms with Gasteiger partial charge in [-0.1, -0.05) is 29.8 Å². The van der Waals surface area contributed by atoms with E-state index in [1.54, 1.807) is 42.5 Å². The highest BCUT2D eigenvalue weighted by Gasteiger charge is 2.44. The summed E-state index contributed by atoms with van der Waals surface area (Å²) < 4.78 is 21.5. The van der Waals surface area contributed by atoms with Crippen molar-refractivity contribution in [1.82, 2.24) is 5.32 Å². The van der Waals surface area contributed by atoms with E-state index in [9.17, 15) is 25.2 Å². The van der Waals surface area contributed by atoms with Crippen molar-refractivity contribution in [2.24, 2.45) is 5.73 Å². The van der Waals surface area contributed by atoms with Gasteiger partial charge in [-0.15, -0.1) is 0 Å². The maximum Gasteiger partial charge on any atom is 0.251 e.